The molecule has 0 aliphatic heterocycles. The van der Waals surface area contributed by atoms with Crippen molar-refractivity contribution in [1.29, 1.82) is 0 Å². The summed E-state index contributed by atoms with van der Waals surface area (Å²) in [6.07, 6.45) is 2.40. The van der Waals surface area contributed by atoms with Crippen LogP contribution in [0.2, 0.25) is 0 Å². The van der Waals surface area contributed by atoms with Crippen molar-refractivity contribution in [3.63, 3.8) is 0 Å². The third-order valence-electron chi connectivity index (χ3n) is 3.83. The first-order chi connectivity index (χ1) is 11.0. The van der Waals surface area contributed by atoms with Gasteiger partial charge in [-0.05, 0) is 51.6 Å². The summed E-state index contributed by atoms with van der Waals surface area (Å²) in [6.45, 7) is 7.77. The highest BCUT2D eigenvalue weighted by Crippen LogP contribution is 2.19. The lowest BCUT2D eigenvalue weighted by Crippen LogP contribution is -2.19. The summed E-state index contributed by atoms with van der Waals surface area (Å²) in [7, 11) is 2.12. The number of rotatable bonds is 7. The second-order valence-corrected chi connectivity index (χ2v) is 5.94. The predicted molar refractivity (Wildman–Crippen MR) is 91.6 cm³/mol. The third kappa shape index (κ3) is 4.66. The van der Waals surface area contributed by atoms with Crippen molar-refractivity contribution in [2.24, 2.45) is 0 Å². The van der Waals surface area contributed by atoms with Crippen molar-refractivity contribution in [1.82, 2.24) is 10.1 Å². The van der Waals surface area contributed by atoms with Crippen molar-refractivity contribution in [3.8, 4) is 0 Å². The Bertz CT molecular complexity index is 627. The highest BCUT2D eigenvalue weighted by molar-refractivity contribution is 6.04. The van der Waals surface area contributed by atoms with Gasteiger partial charge in [0.2, 0.25) is 0 Å². The van der Waals surface area contributed by atoms with Crippen LogP contribution in [-0.2, 0) is 6.54 Å². The molecule has 1 heterocycles. The Morgan fingerprint density at radius 2 is 1.96 bits per heavy atom. The van der Waals surface area contributed by atoms with Crippen LogP contribution in [-0.4, -0.2) is 29.6 Å². The number of nitrogens with zero attached hydrogens (tertiary/aromatic N) is 2. The zero-order valence-corrected chi connectivity index (χ0v) is 14.3. The van der Waals surface area contributed by atoms with Crippen LogP contribution in [0.15, 0.2) is 28.8 Å². The fourth-order valence-electron chi connectivity index (χ4n) is 2.43. The van der Waals surface area contributed by atoms with E-state index in [1.54, 1.807) is 13.8 Å². The number of nitrogens with one attached hydrogen (secondary N) is 1. The maximum absolute atomic E-state index is 12.3. The Hall–Kier alpha value is -2.14. The molecular weight excluding hydrogens is 290 g/mol. The monoisotopic (exact) mass is 315 g/mol. The first kappa shape index (κ1) is 17.2. The average Bonchev–Trinajstić information content (AvgIpc) is 2.85. The Kier molecular flexibility index (Phi) is 5.93. The van der Waals surface area contributed by atoms with Gasteiger partial charge in [0.25, 0.3) is 5.91 Å². The number of carbonyl (C=O) groups is 1. The summed E-state index contributed by atoms with van der Waals surface area (Å²) in [5, 5.41) is 6.70. The van der Waals surface area contributed by atoms with E-state index in [2.05, 4.69) is 29.3 Å². The third-order valence-corrected chi connectivity index (χ3v) is 3.83. The van der Waals surface area contributed by atoms with Gasteiger partial charge in [0.15, 0.2) is 5.76 Å². The molecule has 0 atom stereocenters. The van der Waals surface area contributed by atoms with Crippen molar-refractivity contribution in [3.05, 3.63) is 46.8 Å². The number of unbranched alkanes of at least 4 members (excludes halogenated alkanes) is 1. The van der Waals surface area contributed by atoms with Crippen LogP contribution < -0.4 is 5.32 Å². The van der Waals surface area contributed by atoms with Crippen LogP contribution in [0.25, 0.3) is 0 Å². The van der Waals surface area contributed by atoms with Crippen LogP contribution in [0.3, 0.4) is 0 Å². The molecule has 5 nitrogen and oxygen atoms in total. The standard InChI is InChI=1S/C18H25N3O2/c1-5-6-11-21(4)12-15-7-9-16(10-8-15)18(22)19-17-13(2)20-23-14(17)3/h7-10H,5-6,11-12H2,1-4H3,(H,19,22). The topological polar surface area (TPSA) is 58.4 Å². The van der Waals surface area contributed by atoms with Gasteiger partial charge in [-0.3, -0.25) is 4.79 Å². The van der Waals surface area contributed by atoms with E-state index < -0.39 is 0 Å². The largest absolute Gasteiger partial charge is 0.359 e. The zero-order valence-electron chi connectivity index (χ0n) is 14.3. The molecule has 0 spiro atoms. The predicted octanol–water partition coefficient (Wildman–Crippen LogP) is 3.78. The van der Waals surface area contributed by atoms with Crippen molar-refractivity contribution in [2.75, 3.05) is 18.9 Å². The van der Waals surface area contributed by atoms with Gasteiger partial charge in [-0.15, -0.1) is 0 Å². The number of hydrogen-bond donors (Lipinski definition) is 1. The molecule has 0 saturated heterocycles. The number of amides is 1. The highest BCUT2D eigenvalue weighted by atomic mass is 16.5. The molecule has 0 saturated carbocycles. The number of hydrogen-bond acceptors (Lipinski definition) is 4. The number of anilines is 1. The molecule has 1 N–H and O–H groups in total. The number of carbonyl (C=O) groups excluding carboxylic acids is 1. The summed E-state index contributed by atoms with van der Waals surface area (Å²) in [5.74, 6) is 0.468. The summed E-state index contributed by atoms with van der Waals surface area (Å²) in [4.78, 5) is 14.6. The van der Waals surface area contributed by atoms with Crippen LogP contribution in [0, 0.1) is 13.8 Å². The SMILES string of the molecule is CCCCN(C)Cc1ccc(C(=O)Nc2c(C)noc2C)cc1. The molecule has 23 heavy (non-hydrogen) atoms. The summed E-state index contributed by atoms with van der Waals surface area (Å²) < 4.78 is 5.06. The van der Waals surface area contributed by atoms with Gasteiger partial charge in [0.05, 0.1) is 0 Å². The molecular formula is C18H25N3O2. The molecule has 0 bridgehead atoms. The van der Waals surface area contributed by atoms with E-state index in [0.29, 0.717) is 22.7 Å². The normalized spacial score (nSPS) is 11.0. The van der Waals surface area contributed by atoms with E-state index in [9.17, 15) is 4.79 Å². The van der Waals surface area contributed by atoms with Gasteiger partial charge in [-0.25, -0.2) is 0 Å². The lowest BCUT2D eigenvalue weighted by atomic mass is 10.1. The van der Waals surface area contributed by atoms with Crippen molar-refractivity contribution >= 4 is 11.6 Å². The van der Waals surface area contributed by atoms with Crippen molar-refractivity contribution in [2.45, 2.75) is 40.2 Å². The highest BCUT2D eigenvalue weighted by Gasteiger charge is 2.13. The van der Waals surface area contributed by atoms with E-state index in [1.807, 2.05) is 24.3 Å². The zero-order chi connectivity index (χ0) is 16.8. The Morgan fingerprint density at radius 1 is 1.26 bits per heavy atom. The second-order valence-electron chi connectivity index (χ2n) is 5.94. The molecule has 0 fully saturated rings. The number of aryl methyl sites for hydroxylation is 2. The minimum absolute atomic E-state index is 0.148. The average molecular weight is 315 g/mol. The summed E-state index contributed by atoms with van der Waals surface area (Å²) in [6, 6.07) is 7.72. The molecule has 1 aromatic heterocycles. The molecule has 0 aliphatic rings. The van der Waals surface area contributed by atoms with E-state index in [1.165, 1.54) is 18.4 Å². The fourth-order valence-corrected chi connectivity index (χ4v) is 2.43. The van der Waals surface area contributed by atoms with Crippen LogP contribution in [0.1, 0.15) is 47.1 Å². The smallest absolute Gasteiger partial charge is 0.255 e. The minimum Gasteiger partial charge on any atom is -0.359 e. The van der Waals surface area contributed by atoms with E-state index >= 15 is 0 Å². The Balaban J connectivity index is 1.97. The van der Waals surface area contributed by atoms with Gasteiger partial charge >= 0.3 is 0 Å². The second kappa shape index (κ2) is 7.92. The Labute approximate surface area is 137 Å². The first-order valence-electron chi connectivity index (χ1n) is 8.03. The lowest BCUT2D eigenvalue weighted by Gasteiger charge is -2.16. The quantitative estimate of drug-likeness (QED) is 0.845. The lowest BCUT2D eigenvalue weighted by molar-refractivity contribution is 0.102. The van der Waals surface area contributed by atoms with Gasteiger partial charge in [0, 0.05) is 12.1 Å². The van der Waals surface area contributed by atoms with Gasteiger partial charge < -0.3 is 14.7 Å². The number of benzene rings is 1. The van der Waals surface area contributed by atoms with Crippen LogP contribution in [0.5, 0.6) is 0 Å². The molecule has 1 aromatic carbocycles. The fraction of sp³-hybridized carbons (Fsp3) is 0.444. The number of aromatic nitrogens is 1. The summed E-state index contributed by atoms with van der Waals surface area (Å²) >= 11 is 0. The molecule has 124 valence electrons. The molecule has 1 amide bonds. The van der Waals surface area contributed by atoms with E-state index in [4.69, 9.17) is 4.52 Å². The van der Waals surface area contributed by atoms with Gasteiger partial charge in [-0.1, -0.05) is 30.6 Å². The van der Waals surface area contributed by atoms with Gasteiger partial charge in [-0.2, -0.15) is 0 Å². The molecule has 0 unspecified atom stereocenters. The minimum atomic E-state index is -0.148. The van der Waals surface area contributed by atoms with E-state index in [-0.39, 0.29) is 5.91 Å². The van der Waals surface area contributed by atoms with Crippen LogP contribution >= 0.6 is 0 Å². The maximum atomic E-state index is 12.3. The first-order valence-corrected chi connectivity index (χ1v) is 8.03. The van der Waals surface area contributed by atoms with Gasteiger partial charge in [0.1, 0.15) is 11.4 Å². The molecule has 2 aromatic rings. The maximum Gasteiger partial charge on any atom is 0.255 e. The molecule has 0 radical (unpaired) electrons. The molecule has 0 aliphatic carbocycles. The van der Waals surface area contributed by atoms with Crippen molar-refractivity contribution < 1.29 is 9.32 Å². The van der Waals surface area contributed by atoms with Crippen LogP contribution in [0.4, 0.5) is 5.69 Å². The molecule has 5 heteroatoms. The molecule has 2 rings (SSSR count). The Morgan fingerprint density at radius 3 is 2.52 bits per heavy atom. The van der Waals surface area contributed by atoms with E-state index in [0.717, 1.165) is 13.1 Å². The summed E-state index contributed by atoms with van der Waals surface area (Å²) in [5.41, 5.74) is 3.17.